The second-order valence-electron chi connectivity index (χ2n) is 4.39. The number of thiazole rings is 1. The first kappa shape index (κ1) is 14.8. The number of nitrogens with two attached hydrogens (primary N) is 1. The van der Waals surface area contributed by atoms with E-state index in [1.807, 2.05) is 24.3 Å². The lowest BCUT2D eigenvalue weighted by Gasteiger charge is -2.17. The van der Waals surface area contributed by atoms with Crippen LogP contribution in [0.5, 0.6) is 0 Å². The van der Waals surface area contributed by atoms with Gasteiger partial charge in [-0.25, -0.2) is 4.98 Å². The molecule has 1 heterocycles. The minimum Gasteiger partial charge on any atom is -0.342 e. The molecule has 1 aromatic heterocycles. The lowest BCUT2D eigenvalue weighted by Crippen LogP contribution is -2.30. The summed E-state index contributed by atoms with van der Waals surface area (Å²) in [4.78, 5) is 5.33. The third kappa shape index (κ3) is 3.71. The van der Waals surface area contributed by atoms with Crippen LogP contribution in [0.25, 0.3) is 11.3 Å². The number of anilines is 1. The summed E-state index contributed by atoms with van der Waals surface area (Å²) in [6.07, 6.45) is -4.23. The molecule has 0 saturated heterocycles. The van der Waals surface area contributed by atoms with Gasteiger partial charge in [-0.05, 0) is 5.56 Å². The highest BCUT2D eigenvalue weighted by atomic mass is 32.1. The van der Waals surface area contributed by atoms with Crippen LogP contribution in [0.15, 0.2) is 29.6 Å². The van der Waals surface area contributed by atoms with Crippen molar-refractivity contribution in [2.75, 3.05) is 18.5 Å². The number of hydrogen-bond donors (Lipinski definition) is 1. The molecule has 0 aliphatic rings. The van der Waals surface area contributed by atoms with Crippen molar-refractivity contribution < 1.29 is 13.2 Å². The number of benzene rings is 1. The molecule has 0 atom stereocenters. The van der Waals surface area contributed by atoms with Crippen LogP contribution in [0.4, 0.5) is 18.3 Å². The Bertz CT molecular complexity index is 563. The molecule has 0 radical (unpaired) electrons. The van der Waals surface area contributed by atoms with E-state index in [0.717, 1.165) is 16.0 Å². The van der Waals surface area contributed by atoms with E-state index in [-0.39, 0.29) is 0 Å². The Morgan fingerprint density at radius 2 is 1.90 bits per heavy atom. The summed E-state index contributed by atoms with van der Waals surface area (Å²) >= 11 is 1.19. The van der Waals surface area contributed by atoms with Gasteiger partial charge in [-0.3, -0.25) is 0 Å². The van der Waals surface area contributed by atoms with Crippen molar-refractivity contribution in [2.24, 2.45) is 5.73 Å². The minimum atomic E-state index is -4.23. The Morgan fingerprint density at radius 3 is 2.45 bits per heavy atom. The molecular weight excluding hydrogens is 287 g/mol. The molecule has 108 valence electrons. The molecule has 0 saturated carbocycles. The van der Waals surface area contributed by atoms with Crippen molar-refractivity contribution in [1.82, 2.24) is 4.98 Å². The Labute approximate surface area is 118 Å². The topological polar surface area (TPSA) is 42.2 Å². The fourth-order valence-corrected chi connectivity index (χ4v) is 2.52. The summed E-state index contributed by atoms with van der Waals surface area (Å²) in [5.41, 5.74) is 8.05. The summed E-state index contributed by atoms with van der Waals surface area (Å²) in [6.45, 7) is -0.553. The van der Waals surface area contributed by atoms with Gasteiger partial charge in [0, 0.05) is 24.5 Å². The predicted molar refractivity (Wildman–Crippen MR) is 74.8 cm³/mol. The largest absolute Gasteiger partial charge is 0.405 e. The maximum absolute atomic E-state index is 12.3. The average molecular weight is 301 g/mol. The predicted octanol–water partition coefficient (Wildman–Crippen LogP) is 3.27. The van der Waals surface area contributed by atoms with Crippen molar-refractivity contribution in [3.05, 3.63) is 35.2 Å². The van der Waals surface area contributed by atoms with Crippen LogP contribution in [0, 0.1) is 0 Å². The zero-order valence-electron chi connectivity index (χ0n) is 10.8. The van der Waals surface area contributed by atoms with Crippen LogP contribution in [0.3, 0.4) is 0 Å². The van der Waals surface area contributed by atoms with E-state index < -0.39 is 12.7 Å². The first-order chi connectivity index (χ1) is 9.39. The molecule has 0 aliphatic carbocycles. The highest BCUT2D eigenvalue weighted by Crippen LogP contribution is 2.28. The standard InChI is InChI=1S/C13H14F3N3S/c1-19(8-13(14,15)16)12-18-11(7-20-12)10-4-2-9(6-17)3-5-10/h2-5,7H,6,8,17H2,1H3. The zero-order chi connectivity index (χ0) is 14.8. The Morgan fingerprint density at radius 1 is 1.25 bits per heavy atom. The number of alkyl halides is 3. The number of aromatic nitrogens is 1. The molecule has 0 unspecified atom stereocenters. The van der Waals surface area contributed by atoms with Crippen molar-refractivity contribution >= 4 is 16.5 Å². The van der Waals surface area contributed by atoms with Gasteiger partial charge in [0.25, 0.3) is 0 Å². The van der Waals surface area contributed by atoms with Gasteiger partial charge in [-0.15, -0.1) is 11.3 Å². The van der Waals surface area contributed by atoms with Crippen molar-refractivity contribution in [1.29, 1.82) is 0 Å². The fraction of sp³-hybridized carbons (Fsp3) is 0.308. The van der Waals surface area contributed by atoms with Gasteiger partial charge < -0.3 is 10.6 Å². The number of nitrogens with zero attached hydrogens (tertiary/aromatic N) is 2. The molecule has 3 nitrogen and oxygen atoms in total. The maximum Gasteiger partial charge on any atom is 0.405 e. The summed E-state index contributed by atoms with van der Waals surface area (Å²) in [5.74, 6) is 0. The molecule has 20 heavy (non-hydrogen) atoms. The van der Waals surface area contributed by atoms with Crippen LogP contribution in [0.1, 0.15) is 5.56 Å². The summed E-state index contributed by atoms with van der Waals surface area (Å²) in [7, 11) is 1.38. The second-order valence-corrected chi connectivity index (χ2v) is 5.22. The third-order valence-corrected chi connectivity index (χ3v) is 3.68. The molecule has 2 rings (SSSR count). The highest BCUT2D eigenvalue weighted by molar-refractivity contribution is 7.14. The van der Waals surface area contributed by atoms with Gasteiger partial charge in [0.2, 0.25) is 0 Å². The molecule has 7 heteroatoms. The Balaban J connectivity index is 2.15. The minimum absolute atomic E-state index is 0.347. The first-order valence-corrected chi connectivity index (χ1v) is 6.80. The lowest BCUT2D eigenvalue weighted by molar-refractivity contribution is -0.119. The van der Waals surface area contributed by atoms with E-state index in [4.69, 9.17) is 5.73 Å². The van der Waals surface area contributed by atoms with E-state index >= 15 is 0 Å². The monoisotopic (exact) mass is 301 g/mol. The van der Waals surface area contributed by atoms with Gasteiger partial charge in [0.15, 0.2) is 5.13 Å². The summed E-state index contributed by atoms with van der Waals surface area (Å²) < 4.78 is 37.0. The molecule has 2 aromatic rings. The smallest absolute Gasteiger partial charge is 0.342 e. The lowest BCUT2D eigenvalue weighted by atomic mass is 10.1. The van der Waals surface area contributed by atoms with Crippen LogP contribution < -0.4 is 10.6 Å². The van der Waals surface area contributed by atoms with Crippen molar-refractivity contribution in [2.45, 2.75) is 12.7 Å². The SMILES string of the molecule is CN(CC(F)(F)F)c1nc(-c2ccc(CN)cc2)cs1. The van der Waals surface area contributed by atoms with Crippen LogP contribution >= 0.6 is 11.3 Å². The number of rotatable bonds is 4. The number of halogens is 3. The van der Waals surface area contributed by atoms with Gasteiger partial charge in [-0.1, -0.05) is 24.3 Å². The molecule has 0 fully saturated rings. The van der Waals surface area contributed by atoms with Crippen molar-refractivity contribution in [3.8, 4) is 11.3 Å². The van der Waals surface area contributed by atoms with Crippen LogP contribution in [-0.2, 0) is 6.54 Å². The average Bonchev–Trinajstić information content (AvgIpc) is 2.86. The fourth-order valence-electron chi connectivity index (χ4n) is 1.72. The molecular formula is C13H14F3N3S. The molecule has 0 bridgehead atoms. The summed E-state index contributed by atoms with van der Waals surface area (Å²) in [6, 6.07) is 7.50. The van der Waals surface area contributed by atoms with Gasteiger partial charge in [0.1, 0.15) is 6.54 Å². The zero-order valence-corrected chi connectivity index (χ0v) is 11.6. The Kier molecular flexibility index (Phi) is 4.29. The number of hydrogen-bond acceptors (Lipinski definition) is 4. The summed E-state index contributed by atoms with van der Waals surface area (Å²) in [5, 5.41) is 2.10. The van der Waals surface area contributed by atoms with E-state index in [9.17, 15) is 13.2 Å². The van der Waals surface area contributed by atoms with Gasteiger partial charge in [-0.2, -0.15) is 13.2 Å². The second kappa shape index (κ2) is 5.80. The van der Waals surface area contributed by atoms with Gasteiger partial charge >= 0.3 is 6.18 Å². The van der Waals surface area contributed by atoms with E-state index in [1.165, 1.54) is 18.4 Å². The normalized spacial score (nSPS) is 11.7. The Hall–Kier alpha value is -1.60. The van der Waals surface area contributed by atoms with E-state index in [1.54, 1.807) is 5.38 Å². The van der Waals surface area contributed by atoms with Gasteiger partial charge in [0.05, 0.1) is 5.69 Å². The van der Waals surface area contributed by atoms with E-state index in [0.29, 0.717) is 17.4 Å². The van der Waals surface area contributed by atoms with Crippen LogP contribution in [-0.4, -0.2) is 24.8 Å². The first-order valence-electron chi connectivity index (χ1n) is 5.92. The quantitative estimate of drug-likeness (QED) is 0.942. The highest BCUT2D eigenvalue weighted by Gasteiger charge is 2.30. The van der Waals surface area contributed by atoms with E-state index in [2.05, 4.69) is 4.98 Å². The van der Waals surface area contributed by atoms with Crippen molar-refractivity contribution in [3.63, 3.8) is 0 Å². The maximum atomic E-state index is 12.3. The molecule has 1 aromatic carbocycles. The molecule has 0 aliphatic heterocycles. The molecule has 0 amide bonds. The molecule has 2 N–H and O–H groups in total. The van der Waals surface area contributed by atoms with Crippen LogP contribution in [0.2, 0.25) is 0 Å². The molecule has 0 spiro atoms. The third-order valence-electron chi connectivity index (χ3n) is 2.72.